The van der Waals surface area contributed by atoms with Crippen molar-refractivity contribution in [3.05, 3.63) is 17.0 Å². The van der Waals surface area contributed by atoms with Gasteiger partial charge in [-0.15, -0.1) is 11.3 Å². The maximum Gasteiger partial charge on any atom is 0.250 e. The van der Waals surface area contributed by atoms with Gasteiger partial charge in [-0.25, -0.2) is 13.1 Å². The van der Waals surface area contributed by atoms with Crippen LogP contribution in [0.1, 0.15) is 51.0 Å². The highest BCUT2D eigenvalue weighted by Gasteiger charge is 2.17. The zero-order valence-corrected chi connectivity index (χ0v) is 14.4. The molecule has 2 N–H and O–H groups in total. The molecule has 1 aromatic rings. The predicted molar refractivity (Wildman–Crippen MR) is 88.1 cm³/mol. The van der Waals surface area contributed by atoms with E-state index in [4.69, 9.17) is 0 Å². The minimum absolute atomic E-state index is 0.427. The van der Waals surface area contributed by atoms with Gasteiger partial charge in [-0.3, -0.25) is 0 Å². The molecule has 0 atom stereocenters. The van der Waals surface area contributed by atoms with E-state index >= 15 is 0 Å². The van der Waals surface area contributed by atoms with Crippen molar-refractivity contribution in [1.82, 2.24) is 10.0 Å². The first kappa shape index (κ1) is 16.9. The van der Waals surface area contributed by atoms with E-state index in [2.05, 4.69) is 10.0 Å². The fourth-order valence-corrected chi connectivity index (χ4v) is 5.15. The molecule has 0 aromatic carbocycles. The van der Waals surface area contributed by atoms with Crippen molar-refractivity contribution in [2.75, 3.05) is 13.1 Å². The number of rotatable bonds is 9. The molecular weight excluding hydrogens is 304 g/mol. The first-order valence-electron chi connectivity index (χ1n) is 7.89. The van der Waals surface area contributed by atoms with Crippen molar-refractivity contribution < 1.29 is 8.42 Å². The minimum atomic E-state index is -3.32. The van der Waals surface area contributed by atoms with Crippen molar-refractivity contribution in [2.24, 2.45) is 5.92 Å². The van der Waals surface area contributed by atoms with Crippen LogP contribution in [0.25, 0.3) is 0 Å². The topological polar surface area (TPSA) is 58.2 Å². The van der Waals surface area contributed by atoms with Gasteiger partial charge in [-0.1, -0.05) is 32.6 Å². The van der Waals surface area contributed by atoms with E-state index in [9.17, 15) is 8.42 Å². The normalized spacial score (nSPS) is 16.6. The average molecular weight is 331 g/mol. The molecule has 1 heterocycles. The molecule has 2 rings (SSSR count). The summed E-state index contributed by atoms with van der Waals surface area (Å²) in [4.78, 5) is 0. The van der Waals surface area contributed by atoms with Crippen LogP contribution < -0.4 is 10.0 Å². The Hall–Kier alpha value is -0.430. The van der Waals surface area contributed by atoms with Gasteiger partial charge >= 0.3 is 0 Å². The Kier molecular flexibility index (Phi) is 6.67. The Labute approximate surface area is 132 Å². The van der Waals surface area contributed by atoms with Gasteiger partial charge in [0.1, 0.15) is 4.21 Å². The van der Waals surface area contributed by atoms with Gasteiger partial charge in [0.2, 0.25) is 10.0 Å². The lowest BCUT2D eigenvalue weighted by Crippen LogP contribution is -2.24. The molecule has 1 saturated carbocycles. The lowest BCUT2D eigenvalue weighted by Gasteiger charge is -2.09. The van der Waals surface area contributed by atoms with Gasteiger partial charge in [-0.05, 0) is 42.3 Å². The molecule has 0 spiro atoms. The van der Waals surface area contributed by atoms with Crippen LogP contribution >= 0.6 is 11.3 Å². The summed E-state index contributed by atoms with van der Waals surface area (Å²) in [6.07, 6.45) is 7.44. The molecule has 0 amide bonds. The predicted octanol–water partition coefficient (Wildman–Crippen LogP) is 3.11. The van der Waals surface area contributed by atoms with Crippen LogP contribution in [0.2, 0.25) is 0 Å². The van der Waals surface area contributed by atoms with Crippen LogP contribution in [0, 0.1) is 5.92 Å². The van der Waals surface area contributed by atoms with Crippen LogP contribution in [0.15, 0.2) is 15.7 Å². The van der Waals surface area contributed by atoms with Crippen molar-refractivity contribution in [2.45, 2.75) is 56.2 Å². The van der Waals surface area contributed by atoms with Crippen molar-refractivity contribution >= 4 is 21.4 Å². The molecule has 1 aromatic heterocycles. The number of sulfonamides is 1. The molecule has 120 valence electrons. The molecule has 4 nitrogen and oxygen atoms in total. The summed E-state index contributed by atoms with van der Waals surface area (Å²) in [6, 6.07) is 1.77. The fraction of sp³-hybridized carbons (Fsp3) is 0.733. The number of thiophene rings is 1. The monoisotopic (exact) mass is 330 g/mol. The van der Waals surface area contributed by atoms with E-state index in [1.54, 1.807) is 6.07 Å². The summed E-state index contributed by atoms with van der Waals surface area (Å²) < 4.78 is 27.5. The molecule has 0 saturated heterocycles. The van der Waals surface area contributed by atoms with E-state index in [-0.39, 0.29) is 0 Å². The summed E-state index contributed by atoms with van der Waals surface area (Å²) in [7, 11) is -3.32. The van der Waals surface area contributed by atoms with Crippen LogP contribution in [0.3, 0.4) is 0 Å². The zero-order chi connectivity index (χ0) is 15.1. The lowest BCUT2D eigenvalue weighted by atomic mass is 10.0. The second kappa shape index (κ2) is 8.27. The molecule has 0 aliphatic heterocycles. The Bertz CT molecular complexity index is 520. The third-order valence-electron chi connectivity index (χ3n) is 4.03. The standard InChI is InChI=1S/C15H26N2O2S2/c1-2-16-11-14-10-15(20-12-14)21(18,19)17-9-5-8-13-6-3-4-7-13/h10,12-13,16-17H,2-9,11H2,1H3. The van der Waals surface area contributed by atoms with E-state index < -0.39 is 10.0 Å². The summed E-state index contributed by atoms with van der Waals surface area (Å²) in [5.74, 6) is 0.822. The largest absolute Gasteiger partial charge is 0.313 e. The van der Waals surface area contributed by atoms with E-state index in [0.717, 1.165) is 37.4 Å². The highest BCUT2D eigenvalue weighted by Crippen LogP contribution is 2.28. The molecule has 6 heteroatoms. The number of hydrogen-bond donors (Lipinski definition) is 2. The summed E-state index contributed by atoms with van der Waals surface area (Å²) in [5.41, 5.74) is 1.04. The smallest absolute Gasteiger partial charge is 0.250 e. The maximum absolute atomic E-state index is 12.2. The molecule has 0 bridgehead atoms. The maximum atomic E-state index is 12.2. The quantitative estimate of drug-likeness (QED) is 0.684. The van der Waals surface area contributed by atoms with E-state index in [0.29, 0.717) is 10.8 Å². The van der Waals surface area contributed by atoms with Crippen molar-refractivity contribution in [1.29, 1.82) is 0 Å². The molecule has 0 unspecified atom stereocenters. The third kappa shape index (κ3) is 5.36. The zero-order valence-electron chi connectivity index (χ0n) is 12.7. The van der Waals surface area contributed by atoms with Gasteiger partial charge in [0, 0.05) is 13.1 Å². The Balaban J connectivity index is 1.76. The summed E-state index contributed by atoms with van der Waals surface area (Å²) in [5, 5.41) is 5.12. The van der Waals surface area contributed by atoms with Gasteiger partial charge in [-0.2, -0.15) is 0 Å². The summed E-state index contributed by atoms with van der Waals surface area (Å²) in [6.45, 7) is 4.21. The average Bonchev–Trinajstić information content (AvgIpc) is 3.13. The fourth-order valence-electron chi connectivity index (χ4n) is 2.82. The first-order chi connectivity index (χ1) is 10.1. The second-order valence-corrected chi connectivity index (χ2v) is 8.65. The highest BCUT2D eigenvalue weighted by atomic mass is 32.2. The van der Waals surface area contributed by atoms with Crippen LogP contribution in [-0.4, -0.2) is 21.5 Å². The molecule has 1 aliphatic carbocycles. The highest BCUT2D eigenvalue weighted by molar-refractivity contribution is 7.91. The van der Waals surface area contributed by atoms with E-state index in [1.807, 2.05) is 12.3 Å². The molecule has 0 radical (unpaired) electrons. The molecule has 1 fully saturated rings. The molecule has 21 heavy (non-hydrogen) atoms. The lowest BCUT2D eigenvalue weighted by molar-refractivity contribution is 0.480. The van der Waals surface area contributed by atoms with Crippen LogP contribution in [0.5, 0.6) is 0 Å². The van der Waals surface area contributed by atoms with Crippen LogP contribution in [0.4, 0.5) is 0 Å². The van der Waals surface area contributed by atoms with Crippen LogP contribution in [-0.2, 0) is 16.6 Å². The third-order valence-corrected chi connectivity index (χ3v) is 6.98. The van der Waals surface area contributed by atoms with Crippen molar-refractivity contribution in [3.8, 4) is 0 Å². The SMILES string of the molecule is CCNCc1csc(S(=O)(=O)NCCCC2CCCC2)c1. The van der Waals surface area contributed by atoms with Crippen molar-refractivity contribution in [3.63, 3.8) is 0 Å². The molecule has 1 aliphatic rings. The van der Waals surface area contributed by atoms with E-state index in [1.165, 1.54) is 37.0 Å². The number of hydrogen-bond acceptors (Lipinski definition) is 4. The van der Waals surface area contributed by atoms with Gasteiger partial charge in [0.15, 0.2) is 0 Å². The second-order valence-electron chi connectivity index (χ2n) is 5.74. The molecular formula is C15H26N2O2S2. The Morgan fingerprint density at radius 1 is 1.33 bits per heavy atom. The van der Waals surface area contributed by atoms with Gasteiger partial charge in [0.25, 0.3) is 0 Å². The van der Waals surface area contributed by atoms with Gasteiger partial charge < -0.3 is 5.32 Å². The summed E-state index contributed by atoms with van der Waals surface area (Å²) >= 11 is 1.30. The van der Waals surface area contributed by atoms with Gasteiger partial charge in [0.05, 0.1) is 0 Å². The Morgan fingerprint density at radius 2 is 2.10 bits per heavy atom. The minimum Gasteiger partial charge on any atom is -0.313 e. The first-order valence-corrected chi connectivity index (χ1v) is 10.3. The Morgan fingerprint density at radius 3 is 2.81 bits per heavy atom. The number of nitrogens with one attached hydrogen (secondary N) is 2.